The Balaban J connectivity index is 1.61. The van der Waals surface area contributed by atoms with E-state index in [-0.39, 0.29) is 17.6 Å². The molecule has 1 amide bonds. The number of nitrogens with one attached hydrogen (secondary N) is 2. The Morgan fingerprint density at radius 3 is 2.95 bits per heavy atom. The van der Waals surface area contributed by atoms with Crippen LogP contribution in [0.5, 0.6) is 0 Å². The van der Waals surface area contributed by atoms with Crippen LogP contribution in [-0.4, -0.2) is 34.1 Å². The van der Waals surface area contributed by atoms with E-state index in [9.17, 15) is 4.79 Å². The highest BCUT2D eigenvalue weighted by molar-refractivity contribution is 5.90. The molecule has 1 spiro atoms. The molecule has 3 rings (SSSR count). The van der Waals surface area contributed by atoms with Crippen LogP contribution in [0.15, 0.2) is 6.20 Å². The lowest BCUT2D eigenvalue weighted by Crippen LogP contribution is -2.49. The fourth-order valence-corrected chi connectivity index (χ4v) is 3.48. The fourth-order valence-electron chi connectivity index (χ4n) is 3.48. The summed E-state index contributed by atoms with van der Waals surface area (Å²) >= 11 is 0. The Hall–Kier alpha value is -1.36. The number of carbonyl (C=O) groups is 1. The third-order valence-electron chi connectivity index (χ3n) is 4.51. The molecule has 2 N–H and O–H groups in total. The van der Waals surface area contributed by atoms with Gasteiger partial charge in [-0.1, -0.05) is 19.3 Å². The van der Waals surface area contributed by atoms with Crippen LogP contribution < -0.4 is 5.32 Å². The highest BCUT2D eigenvalue weighted by Gasteiger charge is 2.39. The number of aromatic nitrogens is 2. The molecule has 5 heteroatoms. The Morgan fingerprint density at radius 1 is 1.45 bits per heavy atom. The number of aryl methyl sites for hydroxylation is 1. The summed E-state index contributed by atoms with van der Waals surface area (Å²) in [6.45, 7) is 2.65. The maximum atomic E-state index is 12.2. The molecule has 0 radical (unpaired) electrons. The second-order valence-corrected chi connectivity index (χ2v) is 6.17. The first-order valence-corrected chi connectivity index (χ1v) is 7.63. The number of carbonyl (C=O) groups excluding carboxylic acids is 1. The van der Waals surface area contributed by atoms with Gasteiger partial charge in [-0.25, -0.2) is 4.98 Å². The Morgan fingerprint density at radius 2 is 2.25 bits per heavy atom. The lowest BCUT2D eigenvalue weighted by atomic mass is 9.78. The summed E-state index contributed by atoms with van der Waals surface area (Å²) in [5, 5.41) is 3.11. The van der Waals surface area contributed by atoms with Crippen LogP contribution in [0.25, 0.3) is 0 Å². The molecule has 1 aliphatic carbocycles. The van der Waals surface area contributed by atoms with Crippen LogP contribution in [0.1, 0.15) is 61.3 Å². The monoisotopic (exact) mass is 277 g/mol. The molecule has 2 aliphatic rings. The van der Waals surface area contributed by atoms with Crippen LogP contribution in [0.3, 0.4) is 0 Å². The van der Waals surface area contributed by atoms with E-state index in [1.807, 2.05) is 6.92 Å². The lowest BCUT2D eigenvalue weighted by molar-refractivity contribution is -0.108. The predicted octanol–water partition coefficient (Wildman–Crippen LogP) is 2.33. The first-order valence-electron chi connectivity index (χ1n) is 7.63. The molecule has 1 atom stereocenters. The van der Waals surface area contributed by atoms with Crippen molar-refractivity contribution in [1.82, 2.24) is 15.3 Å². The van der Waals surface area contributed by atoms with Gasteiger partial charge in [0.05, 0.1) is 5.60 Å². The van der Waals surface area contributed by atoms with Crippen molar-refractivity contribution in [2.24, 2.45) is 0 Å². The first-order chi connectivity index (χ1) is 9.67. The van der Waals surface area contributed by atoms with Crippen molar-refractivity contribution in [3.8, 4) is 0 Å². The molecule has 2 fully saturated rings. The lowest BCUT2D eigenvalue weighted by Gasteiger charge is -2.43. The van der Waals surface area contributed by atoms with Gasteiger partial charge in [-0.3, -0.25) is 4.79 Å². The fraction of sp³-hybridized carbons (Fsp3) is 0.733. The number of imidazole rings is 1. The second-order valence-electron chi connectivity index (χ2n) is 6.17. The number of amides is 1. The Labute approximate surface area is 119 Å². The summed E-state index contributed by atoms with van der Waals surface area (Å²) in [4.78, 5) is 19.2. The largest absolute Gasteiger partial charge is 0.375 e. The highest BCUT2D eigenvalue weighted by Crippen LogP contribution is 2.38. The average Bonchev–Trinajstić information content (AvgIpc) is 2.86. The third-order valence-corrected chi connectivity index (χ3v) is 4.51. The molecule has 0 aromatic carbocycles. The minimum Gasteiger partial charge on any atom is -0.375 e. The van der Waals surface area contributed by atoms with Crippen LogP contribution in [-0.2, 0) is 4.74 Å². The van der Waals surface area contributed by atoms with E-state index in [0.29, 0.717) is 5.82 Å². The van der Waals surface area contributed by atoms with Crippen molar-refractivity contribution in [3.05, 3.63) is 17.7 Å². The molecule has 1 aromatic heterocycles. The van der Waals surface area contributed by atoms with Crippen molar-refractivity contribution >= 4 is 5.91 Å². The van der Waals surface area contributed by atoms with Crippen LogP contribution in [0.4, 0.5) is 0 Å². The topological polar surface area (TPSA) is 67.0 Å². The summed E-state index contributed by atoms with van der Waals surface area (Å²) in [6, 6.07) is 0.208. The maximum Gasteiger partial charge on any atom is 0.287 e. The second kappa shape index (κ2) is 5.56. The summed E-state index contributed by atoms with van der Waals surface area (Å²) in [7, 11) is 0. The van der Waals surface area contributed by atoms with Gasteiger partial charge in [-0.15, -0.1) is 0 Å². The van der Waals surface area contributed by atoms with Crippen molar-refractivity contribution in [2.45, 2.75) is 63.5 Å². The zero-order chi connectivity index (χ0) is 14.0. The number of rotatable bonds is 2. The number of H-pyrrole nitrogens is 1. The van der Waals surface area contributed by atoms with Crippen LogP contribution in [0.2, 0.25) is 0 Å². The van der Waals surface area contributed by atoms with E-state index in [0.717, 1.165) is 38.0 Å². The molecule has 1 aliphatic heterocycles. The minimum absolute atomic E-state index is 0.0214. The summed E-state index contributed by atoms with van der Waals surface area (Å²) in [6.07, 6.45) is 9.61. The van der Waals surface area contributed by atoms with Gasteiger partial charge in [0, 0.05) is 24.5 Å². The van der Waals surface area contributed by atoms with Gasteiger partial charge in [0.2, 0.25) is 0 Å². The smallest absolute Gasteiger partial charge is 0.287 e. The molecule has 1 unspecified atom stereocenters. The predicted molar refractivity (Wildman–Crippen MR) is 75.6 cm³/mol. The van der Waals surface area contributed by atoms with Gasteiger partial charge in [0.1, 0.15) is 0 Å². The zero-order valence-electron chi connectivity index (χ0n) is 12.1. The van der Waals surface area contributed by atoms with E-state index in [1.165, 1.54) is 19.3 Å². The summed E-state index contributed by atoms with van der Waals surface area (Å²) in [5.74, 6) is 0.308. The Bertz CT molecular complexity index is 472. The minimum atomic E-state index is -0.101. The van der Waals surface area contributed by atoms with E-state index >= 15 is 0 Å². The Kier molecular flexibility index (Phi) is 3.78. The number of nitrogens with zero attached hydrogens (tertiary/aromatic N) is 1. The van der Waals surface area contributed by atoms with Crippen molar-refractivity contribution in [3.63, 3.8) is 0 Å². The number of hydrogen-bond donors (Lipinski definition) is 2. The van der Waals surface area contributed by atoms with Crippen molar-refractivity contribution < 1.29 is 9.53 Å². The van der Waals surface area contributed by atoms with Gasteiger partial charge < -0.3 is 15.0 Å². The molecule has 2 heterocycles. The van der Waals surface area contributed by atoms with Gasteiger partial charge in [-0.05, 0) is 32.6 Å². The van der Waals surface area contributed by atoms with Gasteiger partial charge in [0.25, 0.3) is 5.91 Å². The number of ether oxygens (including phenoxy) is 1. The van der Waals surface area contributed by atoms with Crippen LogP contribution >= 0.6 is 0 Å². The number of aromatic amines is 1. The van der Waals surface area contributed by atoms with E-state index in [4.69, 9.17) is 4.74 Å². The maximum absolute atomic E-state index is 12.2. The van der Waals surface area contributed by atoms with E-state index in [1.54, 1.807) is 6.20 Å². The first kappa shape index (κ1) is 13.6. The normalized spacial score (nSPS) is 25.6. The molecule has 1 saturated carbocycles. The quantitative estimate of drug-likeness (QED) is 0.872. The molecule has 1 saturated heterocycles. The molecular formula is C15H23N3O2. The van der Waals surface area contributed by atoms with Crippen LogP contribution in [0, 0.1) is 6.92 Å². The van der Waals surface area contributed by atoms with Gasteiger partial charge in [-0.2, -0.15) is 0 Å². The average molecular weight is 277 g/mol. The van der Waals surface area contributed by atoms with Crippen molar-refractivity contribution in [2.75, 3.05) is 6.61 Å². The zero-order valence-corrected chi connectivity index (χ0v) is 12.1. The van der Waals surface area contributed by atoms with E-state index < -0.39 is 0 Å². The molecule has 5 nitrogen and oxygen atoms in total. The van der Waals surface area contributed by atoms with Gasteiger partial charge in [0.15, 0.2) is 5.82 Å². The van der Waals surface area contributed by atoms with Gasteiger partial charge >= 0.3 is 0 Å². The summed E-state index contributed by atoms with van der Waals surface area (Å²) in [5.41, 5.74) is 0.930. The molecule has 0 bridgehead atoms. The third kappa shape index (κ3) is 2.87. The molecule has 20 heavy (non-hydrogen) atoms. The molecular weight excluding hydrogens is 254 g/mol. The number of hydrogen-bond acceptors (Lipinski definition) is 3. The standard InChI is InChI=1S/C15H23N3O2/c1-11-10-16-13(17-11)14(19)18-12-5-8-20-15(9-12)6-3-2-4-7-15/h10,12H,2-9H2,1H3,(H,16,17)(H,18,19). The van der Waals surface area contributed by atoms with Crippen molar-refractivity contribution in [1.29, 1.82) is 0 Å². The molecule has 110 valence electrons. The molecule has 1 aromatic rings. The SMILES string of the molecule is Cc1cnc(C(=O)NC2CCOC3(CCCCC3)C2)[nH]1. The summed E-state index contributed by atoms with van der Waals surface area (Å²) < 4.78 is 6.05. The highest BCUT2D eigenvalue weighted by atomic mass is 16.5. The van der Waals surface area contributed by atoms with E-state index in [2.05, 4.69) is 15.3 Å².